The van der Waals surface area contributed by atoms with Crippen molar-refractivity contribution in [2.24, 2.45) is 0 Å². The molecule has 0 saturated carbocycles. The van der Waals surface area contributed by atoms with E-state index in [9.17, 15) is 14.0 Å². The van der Waals surface area contributed by atoms with E-state index in [0.717, 1.165) is 9.86 Å². The smallest absolute Gasteiger partial charge is 0.268 e. The van der Waals surface area contributed by atoms with E-state index in [-0.39, 0.29) is 0 Å². The van der Waals surface area contributed by atoms with Gasteiger partial charge in [0.1, 0.15) is 5.82 Å². The van der Waals surface area contributed by atoms with Crippen molar-refractivity contribution in [3.8, 4) is 0 Å². The molecular weight excluding hydrogens is 359 g/mol. The predicted octanol–water partition coefficient (Wildman–Crippen LogP) is 3.12. The minimum atomic E-state index is -0.553. The zero-order valence-corrected chi connectivity index (χ0v) is 13.0. The summed E-state index contributed by atoms with van der Waals surface area (Å²) in [6.45, 7) is 0. The molecule has 21 heavy (non-hydrogen) atoms. The third kappa shape index (κ3) is 4.51. The Hall–Kier alpha value is -1.99. The standard InChI is InChI=1S/C14H10BrFN2O2S/c15-12-7-6-11(21-12)14(20)18-17-13(19)8-5-9-3-1-2-4-10(9)16/h1-8H,(H,17,19)(H,18,20)/b8-5+. The van der Waals surface area contributed by atoms with Crippen LogP contribution in [0.2, 0.25) is 0 Å². The van der Waals surface area contributed by atoms with Crippen LogP contribution in [-0.2, 0) is 4.79 Å². The molecule has 4 nitrogen and oxygen atoms in total. The van der Waals surface area contributed by atoms with E-state index in [2.05, 4.69) is 26.8 Å². The van der Waals surface area contributed by atoms with Gasteiger partial charge in [-0.1, -0.05) is 18.2 Å². The first-order valence-corrected chi connectivity index (χ1v) is 7.45. The Morgan fingerprint density at radius 2 is 1.90 bits per heavy atom. The molecule has 0 aliphatic heterocycles. The van der Waals surface area contributed by atoms with Crippen LogP contribution in [0.4, 0.5) is 4.39 Å². The van der Waals surface area contributed by atoms with Crippen LogP contribution in [-0.4, -0.2) is 11.8 Å². The van der Waals surface area contributed by atoms with E-state index in [4.69, 9.17) is 0 Å². The largest absolute Gasteiger partial charge is 0.279 e. The number of carbonyl (C=O) groups excluding carboxylic acids is 2. The average Bonchev–Trinajstić information content (AvgIpc) is 2.90. The number of amides is 2. The molecule has 0 unspecified atom stereocenters. The van der Waals surface area contributed by atoms with Crippen molar-refractivity contribution in [1.82, 2.24) is 10.9 Å². The number of carbonyl (C=O) groups is 2. The molecule has 7 heteroatoms. The summed E-state index contributed by atoms with van der Waals surface area (Å²) >= 11 is 4.49. The van der Waals surface area contributed by atoms with Gasteiger partial charge in [0.05, 0.1) is 8.66 Å². The van der Waals surface area contributed by atoms with Crippen LogP contribution in [0.5, 0.6) is 0 Å². The van der Waals surface area contributed by atoms with Crippen molar-refractivity contribution in [3.05, 3.63) is 62.5 Å². The summed E-state index contributed by atoms with van der Waals surface area (Å²) < 4.78 is 14.1. The zero-order valence-electron chi connectivity index (χ0n) is 10.6. The summed E-state index contributed by atoms with van der Waals surface area (Å²) in [5.41, 5.74) is 4.79. The Labute approximate surface area is 132 Å². The summed E-state index contributed by atoms with van der Waals surface area (Å²) in [5.74, 6) is -1.39. The number of rotatable bonds is 3. The van der Waals surface area contributed by atoms with Gasteiger partial charge >= 0.3 is 0 Å². The number of hydrogen-bond donors (Lipinski definition) is 2. The minimum Gasteiger partial charge on any atom is -0.268 e. The second kappa shape index (κ2) is 7.14. The lowest BCUT2D eigenvalue weighted by atomic mass is 10.2. The van der Waals surface area contributed by atoms with Crippen molar-refractivity contribution in [2.75, 3.05) is 0 Å². The summed E-state index contributed by atoms with van der Waals surface area (Å²) in [4.78, 5) is 23.7. The van der Waals surface area contributed by atoms with Crippen LogP contribution in [0.15, 0.2) is 46.3 Å². The normalized spacial score (nSPS) is 10.6. The van der Waals surface area contributed by atoms with Crippen LogP contribution in [0.25, 0.3) is 6.08 Å². The molecule has 0 bridgehead atoms. The van der Waals surface area contributed by atoms with Gasteiger partial charge in [0.15, 0.2) is 0 Å². The number of hydrazine groups is 1. The molecule has 1 heterocycles. The van der Waals surface area contributed by atoms with E-state index in [0.29, 0.717) is 10.4 Å². The van der Waals surface area contributed by atoms with E-state index in [1.807, 2.05) is 0 Å². The van der Waals surface area contributed by atoms with Crippen molar-refractivity contribution in [2.45, 2.75) is 0 Å². The molecule has 2 N–H and O–H groups in total. The van der Waals surface area contributed by atoms with Gasteiger partial charge in [0.2, 0.25) is 0 Å². The number of thiophene rings is 1. The molecule has 1 aromatic carbocycles. The maximum Gasteiger partial charge on any atom is 0.279 e. The highest BCUT2D eigenvalue weighted by atomic mass is 79.9. The number of hydrogen-bond acceptors (Lipinski definition) is 3. The lowest BCUT2D eigenvalue weighted by molar-refractivity contribution is -0.117. The number of halogens is 2. The lowest BCUT2D eigenvalue weighted by Gasteiger charge is -2.03. The Morgan fingerprint density at radius 3 is 2.57 bits per heavy atom. The van der Waals surface area contributed by atoms with Crippen LogP contribution in [0.3, 0.4) is 0 Å². The highest BCUT2D eigenvalue weighted by molar-refractivity contribution is 9.11. The van der Waals surface area contributed by atoms with Gasteiger partial charge in [-0.2, -0.15) is 0 Å². The molecular formula is C14H10BrFN2O2S. The second-order valence-electron chi connectivity index (χ2n) is 3.90. The van der Waals surface area contributed by atoms with Crippen LogP contribution in [0.1, 0.15) is 15.2 Å². The fourth-order valence-electron chi connectivity index (χ4n) is 1.43. The van der Waals surface area contributed by atoms with Crippen molar-refractivity contribution >= 4 is 45.2 Å². The van der Waals surface area contributed by atoms with Gasteiger partial charge in [-0.25, -0.2) is 4.39 Å². The molecule has 2 aromatic rings. The van der Waals surface area contributed by atoms with Gasteiger partial charge in [-0.3, -0.25) is 20.4 Å². The topological polar surface area (TPSA) is 58.2 Å². The number of benzene rings is 1. The Balaban J connectivity index is 1.88. The third-order valence-electron chi connectivity index (χ3n) is 2.42. The lowest BCUT2D eigenvalue weighted by Crippen LogP contribution is -2.40. The summed E-state index contributed by atoms with van der Waals surface area (Å²) in [6, 6.07) is 9.43. The molecule has 0 aliphatic rings. The Bertz CT molecular complexity index is 700. The highest BCUT2D eigenvalue weighted by Crippen LogP contribution is 2.21. The molecule has 0 fully saturated rings. The molecule has 0 spiro atoms. The summed E-state index contributed by atoms with van der Waals surface area (Å²) in [7, 11) is 0. The first kappa shape index (κ1) is 15.4. The maximum atomic E-state index is 13.3. The molecule has 0 atom stereocenters. The van der Waals surface area contributed by atoms with Gasteiger partial charge in [-0.05, 0) is 40.2 Å². The van der Waals surface area contributed by atoms with E-state index >= 15 is 0 Å². The Kier molecular flexibility index (Phi) is 5.24. The monoisotopic (exact) mass is 368 g/mol. The van der Waals surface area contributed by atoms with Gasteiger partial charge in [0.25, 0.3) is 11.8 Å². The van der Waals surface area contributed by atoms with Crippen LogP contribution < -0.4 is 10.9 Å². The number of nitrogens with one attached hydrogen (secondary N) is 2. The third-order valence-corrected chi connectivity index (χ3v) is 4.04. The van der Waals surface area contributed by atoms with Crippen LogP contribution >= 0.6 is 27.3 Å². The molecule has 0 aliphatic carbocycles. The van der Waals surface area contributed by atoms with Crippen LogP contribution in [0, 0.1) is 5.82 Å². The SMILES string of the molecule is O=C(/C=C/c1ccccc1F)NNC(=O)c1ccc(Br)s1. The fraction of sp³-hybridized carbons (Fsp3) is 0. The molecule has 2 amide bonds. The molecule has 108 valence electrons. The minimum absolute atomic E-state index is 0.293. The van der Waals surface area contributed by atoms with E-state index in [1.165, 1.54) is 23.5 Å². The zero-order chi connectivity index (χ0) is 15.2. The molecule has 0 radical (unpaired) electrons. The quantitative estimate of drug-likeness (QED) is 0.645. The summed E-state index contributed by atoms with van der Waals surface area (Å²) in [5, 5.41) is 0. The highest BCUT2D eigenvalue weighted by Gasteiger charge is 2.08. The van der Waals surface area contributed by atoms with Gasteiger partial charge < -0.3 is 0 Å². The fourth-order valence-corrected chi connectivity index (χ4v) is 2.72. The first-order chi connectivity index (χ1) is 10.1. The van der Waals surface area contributed by atoms with Crippen molar-refractivity contribution < 1.29 is 14.0 Å². The molecule has 1 aromatic heterocycles. The molecule has 0 saturated heterocycles. The first-order valence-electron chi connectivity index (χ1n) is 5.84. The van der Waals surface area contributed by atoms with Gasteiger partial charge in [0, 0.05) is 11.6 Å². The van der Waals surface area contributed by atoms with Gasteiger partial charge in [-0.15, -0.1) is 11.3 Å². The summed E-state index contributed by atoms with van der Waals surface area (Å²) in [6.07, 6.45) is 2.47. The van der Waals surface area contributed by atoms with Crippen molar-refractivity contribution in [1.29, 1.82) is 0 Å². The second-order valence-corrected chi connectivity index (χ2v) is 6.36. The predicted molar refractivity (Wildman–Crippen MR) is 83.1 cm³/mol. The molecule has 2 rings (SSSR count). The Morgan fingerprint density at radius 1 is 1.14 bits per heavy atom. The maximum absolute atomic E-state index is 13.3. The average molecular weight is 369 g/mol. The van der Waals surface area contributed by atoms with E-state index in [1.54, 1.807) is 30.3 Å². The van der Waals surface area contributed by atoms with E-state index < -0.39 is 17.6 Å². The van der Waals surface area contributed by atoms with Crippen molar-refractivity contribution in [3.63, 3.8) is 0 Å².